The molecule has 0 amide bonds. The fourth-order valence-electron chi connectivity index (χ4n) is 1.92. The number of H-pyrrole nitrogens is 1. The van der Waals surface area contributed by atoms with E-state index in [0.717, 1.165) is 33.8 Å². The molecule has 0 bridgehead atoms. The highest BCUT2D eigenvalue weighted by molar-refractivity contribution is 9.10. The highest BCUT2D eigenvalue weighted by atomic mass is 79.9. The van der Waals surface area contributed by atoms with Crippen LogP contribution in [0.15, 0.2) is 35.1 Å². The lowest BCUT2D eigenvalue weighted by Crippen LogP contribution is -2.23. The zero-order valence-electron chi connectivity index (χ0n) is 10.1. The highest BCUT2D eigenvalue weighted by Gasteiger charge is 2.15. The number of halogens is 2. The number of benzene rings is 1. The van der Waals surface area contributed by atoms with Gasteiger partial charge >= 0.3 is 0 Å². The van der Waals surface area contributed by atoms with Crippen molar-refractivity contribution in [1.82, 2.24) is 15.3 Å². The van der Waals surface area contributed by atoms with Crippen molar-refractivity contribution < 1.29 is 0 Å². The van der Waals surface area contributed by atoms with Crippen LogP contribution in [-0.2, 0) is 6.42 Å². The maximum Gasteiger partial charge on any atom is 0.107 e. The molecule has 18 heavy (non-hydrogen) atoms. The predicted octanol–water partition coefficient (Wildman–Crippen LogP) is 3.72. The Kier molecular flexibility index (Phi) is 4.80. The van der Waals surface area contributed by atoms with Crippen molar-refractivity contribution in [3.05, 3.63) is 51.5 Å². The Bertz CT molecular complexity index is 499. The molecule has 2 aromatic rings. The number of aromatic nitrogens is 2. The Morgan fingerprint density at radius 2 is 2.33 bits per heavy atom. The van der Waals surface area contributed by atoms with Crippen LogP contribution in [0.5, 0.6) is 0 Å². The largest absolute Gasteiger partial charge is 0.349 e. The third-order valence-electron chi connectivity index (χ3n) is 2.74. The van der Waals surface area contributed by atoms with Crippen LogP contribution in [0.1, 0.15) is 24.4 Å². The van der Waals surface area contributed by atoms with Gasteiger partial charge in [-0.3, -0.25) is 0 Å². The average molecular weight is 329 g/mol. The minimum Gasteiger partial charge on any atom is -0.349 e. The second-order valence-corrected chi connectivity index (χ2v) is 5.31. The van der Waals surface area contributed by atoms with Crippen molar-refractivity contribution in [2.75, 3.05) is 6.54 Å². The predicted molar refractivity (Wildman–Crippen MR) is 77.9 cm³/mol. The number of hydrogen-bond acceptors (Lipinski definition) is 2. The molecular weight excluding hydrogens is 314 g/mol. The van der Waals surface area contributed by atoms with Gasteiger partial charge in [-0.15, -0.1) is 0 Å². The molecule has 2 rings (SSSR count). The maximum absolute atomic E-state index is 6.07. The third-order valence-corrected chi connectivity index (χ3v) is 3.69. The number of imidazole rings is 1. The van der Waals surface area contributed by atoms with Crippen LogP contribution in [0.2, 0.25) is 5.02 Å². The molecule has 1 unspecified atom stereocenters. The molecule has 1 aromatic heterocycles. The number of nitrogens with zero attached hydrogens (tertiary/aromatic N) is 1. The normalized spacial score (nSPS) is 12.6. The van der Waals surface area contributed by atoms with Crippen LogP contribution < -0.4 is 5.32 Å². The molecule has 96 valence electrons. The summed E-state index contributed by atoms with van der Waals surface area (Å²) in [6.07, 6.45) is 4.41. The van der Waals surface area contributed by atoms with E-state index in [1.165, 1.54) is 0 Å². The van der Waals surface area contributed by atoms with Gasteiger partial charge in [0.15, 0.2) is 0 Å². The van der Waals surface area contributed by atoms with Gasteiger partial charge in [0, 0.05) is 34.4 Å². The summed E-state index contributed by atoms with van der Waals surface area (Å²) in [5, 5.41) is 4.20. The van der Waals surface area contributed by atoms with Crippen LogP contribution >= 0.6 is 27.5 Å². The van der Waals surface area contributed by atoms with Gasteiger partial charge in [0.05, 0.1) is 0 Å². The zero-order valence-corrected chi connectivity index (χ0v) is 12.4. The van der Waals surface area contributed by atoms with Crippen LogP contribution in [0.3, 0.4) is 0 Å². The van der Waals surface area contributed by atoms with E-state index < -0.39 is 0 Å². The lowest BCUT2D eigenvalue weighted by atomic mass is 10.0. The Morgan fingerprint density at radius 3 is 3.00 bits per heavy atom. The summed E-state index contributed by atoms with van der Waals surface area (Å²) >= 11 is 9.65. The molecule has 0 aliphatic carbocycles. The summed E-state index contributed by atoms with van der Waals surface area (Å²) in [6.45, 7) is 2.98. The van der Waals surface area contributed by atoms with Crippen LogP contribution in [0.4, 0.5) is 0 Å². The average Bonchev–Trinajstić information content (AvgIpc) is 2.85. The van der Waals surface area contributed by atoms with Crippen molar-refractivity contribution >= 4 is 27.5 Å². The Hall–Kier alpha value is -0.840. The van der Waals surface area contributed by atoms with Gasteiger partial charge < -0.3 is 10.3 Å². The van der Waals surface area contributed by atoms with Gasteiger partial charge in [0.1, 0.15) is 5.82 Å². The number of rotatable bonds is 5. The summed E-state index contributed by atoms with van der Waals surface area (Å²) in [5.41, 5.74) is 1.15. The Morgan fingerprint density at radius 1 is 1.50 bits per heavy atom. The van der Waals surface area contributed by atoms with E-state index >= 15 is 0 Å². The monoisotopic (exact) mass is 327 g/mol. The second kappa shape index (κ2) is 6.36. The van der Waals surface area contributed by atoms with Crippen molar-refractivity contribution in [2.24, 2.45) is 0 Å². The zero-order chi connectivity index (χ0) is 13.0. The molecule has 1 aromatic carbocycles. The molecule has 0 fully saturated rings. The van der Waals surface area contributed by atoms with E-state index in [9.17, 15) is 0 Å². The highest BCUT2D eigenvalue weighted by Crippen LogP contribution is 2.28. The standard InChI is InChI=1S/C13H15BrClN3/c1-2-16-12(8-13-17-5-6-18-13)10-7-9(15)3-4-11(10)14/h3-7,12,16H,2,8H2,1H3,(H,17,18). The minimum atomic E-state index is 0.189. The Labute approximate surface area is 120 Å². The molecule has 1 heterocycles. The fraction of sp³-hybridized carbons (Fsp3) is 0.308. The molecule has 0 aliphatic rings. The third kappa shape index (κ3) is 3.34. The van der Waals surface area contributed by atoms with Crippen molar-refractivity contribution in [2.45, 2.75) is 19.4 Å². The maximum atomic E-state index is 6.07. The first-order valence-corrected chi connectivity index (χ1v) is 7.04. The second-order valence-electron chi connectivity index (χ2n) is 4.02. The van der Waals surface area contributed by atoms with E-state index in [0.29, 0.717) is 0 Å². The van der Waals surface area contributed by atoms with Gasteiger partial charge in [-0.1, -0.05) is 34.5 Å². The molecule has 3 nitrogen and oxygen atoms in total. The molecule has 0 saturated heterocycles. The van der Waals surface area contributed by atoms with Crippen molar-refractivity contribution in [3.8, 4) is 0 Å². The quantitative estimate of drug-likeness (QED) is 0.878. The summed E-state index contributed by atoms with van der Waals surface area (Å²) < 4.78 is 1.06. The van der Waals surface area contributed by atoms with E-state index in [1.54, 1.807) is 6.20 Å². The molecule has 0 aliphatic heterocycles. The molecule has 5 heteroatoms. The molecule has 0 saturated carbocycles. The number of aromatic amines is 1. The molecule has 1 atom stereocenters. The van der Waals surface area contributed by atoms with E-state index in [2.05, 4.69) is 38.1 Å². The smallest absolute Gasteiger partial charge is 0.107 e. The topological polar surface area (TPSA) is 40.7 Å². The summed E-state index contributed by atoms with van der Waals surface area (Å²) in [6, 6.07) is 6.03. The van der Waals surface area contributed by atoms with Crippen LogP contribution in [0, 0.1) is 0 Å². The lowest BCUT2D eigenvalue weighted by molar-refractivity contribution is 0.537. The summed E-state index contributed by atoms with van der Waals surface area (Å²) in [5.74, 6) is 0.966. The first-order valence-electron chi connectivity index (χ1n) is 5.87. The van der Waals surface area contributed by atoms with Gasteiger partial charge in [0.2, 0.25) is 0 Å². The number of likely N-dealkylation sites (N-methyl/N-ethyl adjacent to an activating group) is 1. The molecule has 0 radical (unpaired) electrons. The molecule has 2 N–H and O–H groups in total. The van der Waals surface area contributed by atoms with E-state index in [-0.39, 0.29) is 6.04 Å². The van der Waals surface area contributed by atoms with Crippen molar-refractivity contribution in [1.29, 1.82) is 0 Å². The van der Waals surface area contributed by atoms with Gasteiger partial charge in [0.25, 0.3) is 0 Å². The van der Waals surface area contributed by atoms with Gasteiger partial charge in [-0.25, -0.2) is 4.98 Å². The van der Waals surface area contributed by atoms with Crippen LogP contribution in [0.25, 0.3) is 0 Å². The lowest BCUT2D eigenvalue weighted by Gasteiger charge is -2.19. The molecular formula is C13H15BrClN3. The number of hydrogen-bond donors (Lipinski definition) is 2. The Balaban J connectivity index is 2.26. The fourth-order valence-corrected chi connectivity index (χ4v) is 2.63. The first-order chi connectivity index (χ1) is 8.70. The van der Waals surface area contributed by atoms with Crippen LogP contribution in [-0.4, -0.2) is 16.5 Å². The summed E-state index contributed by atoms with van der Waals surface area (Å²) in [7, 11) is 0. The van der Waals surface area contributed by atoms with E-state index in [1.807, 2.05) is 24.4 Å². The summed E-state index contributed by atoms with van der Waals surface area (Å²) in [4.78, 5) is 7.40. The van der Waals surface area contributed by atoms with Gasteiger partial charge in [-0.05, 0) is 30.3 Å². The minimum absolute atomic E-state index is 0.189. The first kappa shape index (κ1) is 13.6. The van der Waals surface area contributed by atoms with E-state index in [4.69, 9.17) is 11.6 Å². The van der Waals surface area contributed by atoms with Crippen molar-refractivity contribution in [3.63, 3.8) is 0 Å². The SMILES string of the molecule is CCNC(Cc1ncc[nH]1)c1cc(Cl)ccc1Br. The molecule has 0 spiro atoms. The van der Waals surface area contributed by atoms with Gasteiger partial charge in [-0.2, -0.15) is 0 Å². The number of nitrogens with one attached hydrogen (secondary N) is 2.